The maximum absolute atomic E-state index is 13.5. The van der Waals surface area contributed by atoms with Crippen LogP contribution < -0.4 is 0 Å². The van der Waals surface area contributed by atoms with E-state index in [4.69, 9.17) is 0 Å². The van der Waals surface area contributed by atoms with Gasteiger partial charge in [-0.25, -0.2) is 8.42 Å². The van der Waals surface area contributed by atoms with E-state index in [0.29, 0.717) is 28.5 Å². The second-order valence-corrected chi connectivity index (χ2v) is 12.0. The predicted molar refractivity (Wildman–Crippen MR) is 124 cm³/mol. The summed E-state index contributed by atoms with van der Waals surface area (Å²) >= 11 is 0. The molecule has 2 aliphatic heterocycles. The van der Waals surface area contributed by atoms with E-state index in [-0.39, 0.29) is 55.9 Å². The second kappa shape index (κ2) is 9.54. The van der Waals surface area contributed by atoms with Gasteiger partial charge in [-0.2, -0.15) is 35.7 Å². The summed E-state index contributed by atoms with van der Waals surface area (Å²) in [5, 5.41) is 4.38. The zero-order valence-electron chi connectivity index (χ0n) is 20.2. The lowest BCUT2D eigenvalue weighted by molar-refractivity contribution is -0.138. The van der Waals surface area contributed by atoms with Crippen LogP contribution in [0.3, 0.4) is 0 Å². The number of amides is 1. The monoisotopic (exact) mass is 564 g/mol. The normalized spacial score (nSPS) is 22.3. The Balaban J connectivity index is 1.32. The van der Waals surface area contributed by atoms with E-state index in [2.05, 4.69) is 5.10 Å². The average molecular weight is 565 g/mol. The molecule has 208 valence electrons. The number of rotatable bonds is 5. The Hall–Kier alpha value is -2.61. The van der Waals surface area contributed by atoms with Crippen molar-refractivity contribution in [3.63, 3.8) is 0 Å². The first-order valence-electron chi connectivity index (χ1n) is 12.4. The van der Waals surface area contributed by atoms with Gasteiger partial charge in [0.25, 0.3) is 5.91 Å². The van der Waals surface area contributed by atoms with E-state index in [9.17, 15) is 39.6 Å². The molecule has 5 rings (SSSR count). The summed E-state index contributed by atoms with van der Waals surface area (Å²) in [5.41, 5.74) is -4.88. The summed E-state index contributed by atoms with van der Waals surface area (Å²) in [4.78, 5) is 15.0. The number of carbonyl (C=O) groups excluding carboxylic acids is 1. The minimum absolute atomic E-state index is 0.0535. The lowest BCUT2D eigenvalue weighted by atomic mass is 9.93. The van der Waals surface area contributed by atoms with Crippen LogP contribution in [0.1, 0.15) is 77.2 Å². The second-order valence-electron chi connectivity index (χ2n) is 10.1. The van der Waals surface area contributed by atoms with Gasteiger partial charge in [-0.05, 0) is 43.7 Å². The van der Waals surface area contributed by atoms with Gasteiger partial charge in [-0.15, -0.1) is 0 Å². The number of likely N-dealkylation sites (tertiary alicyclic amines) is 1. The third-order valence-corrected chi connectivity index (χ3v) is 9.24. The fourth-order valence-electron chi connectivity index (χ4n) is 5.54. The van der Waals surface area contributed by atoms with Crippen LogP contribution in [-0.2, 0) is 16.2 Å². The zero-order valence-corrected chi connectivity index (χ0v) is 21.0. The molecule has 0 bridgehead atoms. The van der Waals surface area contributed by atoms with Crippen molar-refractivity contribution in [2.24, 2.45) is 0 Å². The standard InChI is InChI=1S/C24H26F6N4O3S/c25-23(26,27)20-4-2-1-3-18(20)16-7-10-32(14-16)22(35)19-13-31-34(21(19)15-5-6-15)17-8-11-33(12-9-17)38(36,37)24(28,29)30/h1-4,13,15-17H,5-12,14H2/t16-/m1/s1. The summed E-state index contributed by atoms with van der Waals surface area (Å²) < 4.78 is 105. The maximum Gasteiger partial charge on any atom is 0.511 e. The van der Waals surface area contributed by atoms with Crippen LogP contribution in [0.25, 0.3) is 0 Å². The molecule has 2 aromatic rings. The van der Waals surface area contributed by atoms with Crippen molar-refractivity contribution in [1.82, 2.24) is 19.0 Å². The minimum atomic E-state index is -5.41. The summed E-state index contributed by atoms with van der Waals surface area (Å²) in [5.74, 6) is -0.740. The third kappa shape index (κ3) is 4.92. The Bertz CT molecular complexity index is 1310. The Morgan fingerprint density at radius 2 is 1.55 bits per heavy atom. The number of sulfonamides is 1. The Morgan fingerprint density at radius 3 is 2.16 bits per heavy atom. The molecule has 1 saturated carbocycles. The van der Waals surface area contributed by atoms with Crippen molar-refractivity contribution < 1.29 is 39.6 Å². The van der Waals surface area contributed by atoms with Crippen LogP contribution in [0, 0.1) is 0 Å². The highest BCUT2D eigenvalue weighted by Gasteiger charge is 2.51. The van der Waals surface area contributed by atoms with Gasteiger partial charge in [0.05, 0.1) is 29.1 Å². The molecule has 1 aromatic carbocycles. The first-order chi connectivity index (χ1) is 17.8. The minimum Gasteiger partial charge on any atom is -0.338 e. The van der Waals surface area contributed by atoms with Gasteiger partial charge in [0.15, 0.2) is 0 Å². The van der Waals surface area contributed by atoms with Gasteiger partial charge in [0, 0.05) is 38.0 Å². The van der Waals surface area contributed by atoms with Crippen molar-refractivity contribution in [2.75, 3.05) is 26.2 Å². The van der Waals surface area contributed by atoms with Crippen molar-refractivity contribution in [3.05, 3.63) is 52.8 Å². The number of piperidine rings is 1. The molecule has 1 atom stereocenters. The molecule has 0 spiro atoms. The number of hydrogen-bond donors (Lipinski definition) is 0. The molecule has 3 aliphatic rings. The number of carbonyl (C=O) groups is 1. The average Bonchev–Trinajstić information content (AvgIpc) is 3.40. The molecule has 2 saturated heterocycles. The number of alkyl halides is 6. The summed E-state index contributed by atoms with van der Waals surface area (Å²) in [6, 6.07) is 5.01. The highest BCUT2D eigenvalue weighted by molar-refractivity contribution is 7.90. The molecule has 38 heavy (non-hydrogen) atoms. The van der Waals surface area contributed by atoms with Crippen LogP contribution in [0.2, 0.25) is 0 Å². The molecular formula is C24H26F6N4O3S. The molecule has 1 aliphatic carbocycles. The van der Waals surface area contributed by atoms with E-state index in [1.165, 1.54) is 23.2 Å². The zero-order chi connectivity index (χ0) is 27.5. The quantitative estimate of drug-likeness (QED) is 0.485. The smallest absolute Gasteiger partial charge is 0.338 e. The van der Waals surface area contributed by atoms with E-state index in [0.717, 1.165) is 18.9 Å². The number of benzene rings is 1. The van der Waals surface area contributed by atoms with Gasteiger partial charge < -0.3 is 4.90 Å². The van der Waals surface area contributed by atoms with Crippen molar-refractivity contribution in [1.29, 1.82) is 0 Å². The van der Waals surface area contributed by atoms with Crippen molar-refractivity contribution >= 4 is 15.9 Å². The third-order valence-electron chi connectivity index (χ3n) is 7.61. The van der Waals surface area contributed by atoms with Crippen molar-refractivity contribution in [3.8, 4) is 0 Å². The van der Waals surface area contributed by atoms with Gasteiger partial charge in [-0.1, -0.05) is 18.2 Å². The molecule has 3 fully saturated rings. The molecule has 0 radical (unpaired) electrons. The Kier molecular flexibility index (Phi) is 6.77. The maximum atomic E-state index is 13.5. The highest BCUT2D eigenvalue weighted by Crippen LogP contribution is 2.45. The van der Waals surface area contributed by atoms with E-state index < -0.39 is 33.2 Å². The van der Waals surface area contributed by atoms with Crippen LogP contribution >= 0.6 is 0 Å². The van der Waals surface area contributed by atoms with E-state index in [1.54, 1.807) is 10.7 Å². The number of nitrogens with zero attached hydrogens (tertiary/aromatic N) is 4. The topological polar surface area (TPSA) is 75.5 Å². The molecule has 3 heterocycles. The fraction of sp³-hybridized carbons (Fsp3) is 0.583. The first kappa shape index (κ1) is 27.0. The number of hydrogen-bond acceptors (Lipinski definition) is 4. The largest absolute Gasteiger partial charge is 0.511 e. The Morgan fingerprint density at radius 1 is 0.895 bits per heavy atom. The SMILES string of the molecule is O=C(c1cnn(C2CCN(S(=O)(=O)C(F)(F)F)CC2)c1C1CC1)N1CC[C@@H](c2ccccc2C(F)(F)F)C1. The molecule has 7 nitrogen and oxygen atoms in total. The van der Waals surface area contributed by atoms with Gasteiger partial charge in [-0.3, -0.25) is 9.48 Å². The molecule has 0 unspecified atom stereocenters. The van der Waals surface area contributed by atoms with E-state index in [1.807, 2.05) is 0 Å². The fourth-order valence-corrected chi connectivity index (χ4v) is 6.53. The van der Waals surface area contributed by atoms with Gasteiger partial charge in [0.2, 0.25) is 0 Å². The molecule has 1 amide bonds. The number of aromatic nitrogens is 2. The van der Waals surface area contributed by atoms with Gasteiger partial charge in [0.1, 0.15) is 0 Å². The van der Waals surface area contributed by atoms with Crippen LogP contribution in [0.15, 0.2) is 30.5 Å². The summed E-state index contributed by atoms with van der Waals surface area (Å²) in [6.07, 6.45) is -0.828. The van der Waals surface area contributed by atoms with E-state index >= 15 is 0 Å². The first-order valence-corrected chi connectivity index (χ1v) is 13.8. The highest BCUT2D eigenvalue weighted by atomic mass is 32.2. The lowest BCUT2D eigenvalue weighted by Gasteiger charge is -2.32. The molecular weight excluding hydrogens is 538 g/mol. The summed E-state index contributed by atoms with van der Waals surface area (Å²) in [6.45, 7) is -0.202. The van der Waals surface area contributed by atoms with Crippen LogP contribution in [-0.4, -0.2) is 65.0 Å². The van der Waals surface area contributed by atoms with Crippen LogP contribution in [0.5, 0.6) is 0 Å². The van der Waals surface area contributed by atoms with Gasteiger partial charge >= 0.3 is 21.7 Å². The molecule has 14 heteroatoms. The van der Waals surface area contributed by atoms with Crippen LogP contribution in [0.4, 0.5) is 26.3 Å². The molecule has 1 aromatic heterocycles. The molecule has 0 N–H and O–H groups in total. The number of halogens is 6. The predicted octanol–water partition coefficient (Wildman–Crippen LogP) is 4.90. The Labute approximate surface area is 215 Å². The van der Waals surface area contributed by atoms with Crippen molar-refractivity contribution in [2.45, 2.75) is 61.7 Å². The lowest BCUT2D eigenvalue weighted by Crippen LogP contribution is -2.45. The summed E-state index contributed by atoms with van der Waals surface area (Å²) in [7, 11) is -5.41.